The van der Waals surface area contributed by atoms with Gasteiger partial charge < -0.3 is 5.32 Å². The Bertz CT molecular complexity index is 251. The van der Waals surface area contributed by atoms with Gasteiger partial charge in [0, 0.05) is 12.6 Å². The monoisotopic (exact) mass is 238 g/mol. The van der Waals surface area contributed by atoms with Gasteiger partial charge in [-0.2, -0.15) is 0 Å². The molecule has 17 heavy (non-hydrogen) atoms. The van der Waals surface area contributed by atoms with E-state index in [4.69, 9.17) is 6.42 Å². The van der Waals surface area contributed by atoms with Crippen molar-refractivity contribution in [3.8, 4) is 12.3 Å². The van der Waals surface area contributed by atoms with Crippen LogP contribution in [0.1, 0.15) is 40.5 Å². The van der Waals surface area contributed by atoms with Crippen LogP contribution in [0.3, 0.4) is 0 Å². The molecule has 0 aromatic rings. The highest BCUT2D eigenvalue weighted by molar-refractivity contribution is 5.78. The summed E-state index contributed by atoms with van der Waals surface area (Å²) in [5, 5.41) is 2.72. The Labute approximate surface area is 106 Å². The second-order valence-corrected chi connectivity index (χ2v) is 4.77. The molecule has 0 unspecified atom stereocenters. The van der Waals surface area contributed by atoms with Crippen molar-refractivity contribution in [1.29, 1.82) is 0 Å². The fourth-order valence-electron chi connectivity index (χ4n) is 2.01. The molecule has 0 aromatic heterocycles. The second kappa shape index (κ2) is 9.07. The zero-order valence-corrected chi connectivity index (χ0v) is 11.6. The number of terminal acetylenes is 1. The summed E-state index contributed by atoms with van der Waals surface area (Å²) in [5.74, 6) is 3.01. The summed E-state index contributed by atoms with van der Waals surface area (Å²) in [6, 6.07) is 0.481. The third-order valence-electron chi connectivity index (χ3n) is 2.79. The number of hydrogen-bond donors (Lipinski definition) is 1. The Balaban J connectivity index is 4.37. The predicted octanol–water partition coefficient (Wildman–Crippen LogP) is 1.88. The normalized spacial score (nSPS) is 10.9. The molecule has 0 aliphatic carbocycles. The van der Waals surface area contributed by atoms with Crippen LogP contribution in [-0.4, -0.2) is 36.5 Å². The second-order valence-electron chi connectivity index (χ2n) is 4.77. The number of carbonyl (C=O) groups is 1. The molecule has 0 atom stereocenters. The van der Waals surface area contributed by atoms with E-state index in [1.54, 1.807) is 0 Å². The first-order chi connectivity index (χ1) is 8.04. The van der Waals surface area contributed by atoms with Crippen molar-refractivity contribution in [3.05, 3.63) is 0 Å². The zero-order valence-electron chi connectivity index (χ0n) is 11.6. The zero-order chi connectivity index (χ0) is 13.3. The SMILES string of the molecule is C#CCNC(=O)CN(CC(C)C)C(CC)CC. The molecule has 0 bridgehead atoms. The lowest BCUT2D eigenvalue weighted by Crippen LogP contribution is -2.44. The van der Waals surface area contributed by atoms with E-state index in [2.05, 4.69) is 43.8 Å². The molecular formula is C14H26N2O. The molecule has 3 nitrogen and oxygen atoms in total. The topological polar surface area (TPSA) is 32.3 Å². The molecular weight excluding hydrogens is 212 g/mol. The smallest absolute Gasteiger partial charge is 0.234 e. The maximum atomic E-state index is 11.7. The quantitative estimate of drug-likeness (QED) is 0.655. The van der Waals surface area contributed by atoms with Gasteiger partial charge in [-0.05, 0) is 18.8 Å². The highest BCUT2D eigenvalue weighted by atomic mass is 16.2. The van der Waals surface area contributed by atoms with E-state index < -0.39 is 0 Å². The van der Waals surface area contributed by atoms with Gasteiger partial charge in [0.1, 0.15) is 0 Å². The molecule has 0 saturated heterocycles. The van der Waals surface area contributed by atoms with E-state index in [0.29, 0.717) is 25.0 Å². The molecule has 0 fully saturated rings. The molecule has 1 amide bonds. The minimum absolute atomic E-state index is 0.0236. The van der Waals surface area contributed by atoms with Crippen molar-refractivity contribution in [2.24, 2.45) is 5.92 Å². The van der Waals surface area contributed by atoms with Gasteiger partial charge in [0.05, 0.1) is 13.1 Å². The maximum absolute atomic E-state index is 11.7. The standard InChI is InChI=1S/C14H26N2O/c1-6-9-15-14(17)11-16(10-12(4)5)13(7-2)8-3/h1,12-13H,7-11H2,2-5H3,(H,15,17). The van der Waals surface area contributed by atoms with Crippen LogP contribution in [0.15, 0.2) is 0 Å². The van der Waals surface area contributed by atoms with Crippen LogP contribution in [-0.2, 0) is 4.79 Å². The first-order valence-electron chi connectivity index (χ1n) is 6.49. The third-order valence-corrected chi connectivity index (χ3v) is 2.79. The van der Waals surface area contributed by atoms with Gasteiger partial charge in [0.25, 0.3) is 0 Å². The Morgan fingerprint density at radius 1 is 1.35 bits per heavy atom. The average molecular weight is 238 g/mol. The van der Waals surface area contributed by atoms with E-state index in [1.807, 2.05) is 0 Å². The summed E-state index contributed by atoms with van der Waals surface area (Å²) < 4.78 is 0. The highest BCUT2D eigenvalue weighted by Gasteiger charge is 2.18. The summed E-state index contributed by atoms with van der Waals surface area (Å²) in [6.07, 6.45) is 7.27. The molecule has 0 aliphatic rings. The van der Waals surface area contributed by atoms with Gasteiger partial charge in [0.15, 0.2) is 0 Å². The van der Waals surface area contributed by atoms with Gasteiger partial charge in [-0.15, -0.1) is 6.42 Å². The van der Waals surface area contributed by atoms with Crippen LogP contribution in [0.5, 0.6) is 0 Å². The molecule has 0 radical (unpaired) electrons. The number of rotatable bonds is 8. The van der Waals surface area contributed by atoms with Crippen LogP contribution in [0, 0.1) is 18.3 Å². The average Bonchev–Trinajstić information content (AvgIpc) is 2.27. The molecule has 0 aromatic carbocycles. The Hall–Kier alpha value is -1.01. The van der Waals surface area contributed by atoms with Crippen molar-refractivity contribution in [2.75, 3.05) is 19.6 Å². The Morgan fingerprint density at radius 2 is 1.94 bits per heavy atom. The fraction of sp³-hybridized carbons (Fsp3) is 0.786. The van der Waals surface area contributed by atoms with Crippen LogP contribution < -0.4 is 5.32 Å². The molecule has 3 heteroatoms. The number of amides is 1. The van der Waals surface area contributed by atoms with Crippen molar-refractivity contribution < 1.29 is 4.79 Å². The lowest BCUT2D eigenvalue weighted by atomic mass is 10.1. The molecule has 1 N–H and O–H groups in total. The van der Waals surface area contributed by atoms with Crippen LogP contribution in [0.4, 0.5) is 0 Å². The first-order valence-corrected chi connectivity index (χ1v) is 6.49. The van der Waals surface area contributed by atoms with Crippen LogP contribution in [0.2, 0.25) is 0 Å². The van der Waals surface area contributed by atoms with Gasteiger partial charge in [-0.1, -0.05) is 33.6 Å². The Morgan fingerprint density at radius 3 is 2.35 bits per heavy atom. The van der Waals surface area contributed by atoms with Crippen LogP contribution in [0.25, 0.3) is 0 Å². The van der Waals surface area contributed by atoms with Crippen molar-refractivity contribution in [3.63, 3.8) is 0 Å². The summed E-state index contributed by atoms with van der Waals surface area (Å²) in [4.78, 5) is 13.9. The van der Waals surface area contributed by atoms with Crippen molar-refractivity contribution in [2.45, 2.75) is 46.6 Å². The molecule has 0 heterocycles. The Kier molecular flexibility index (Phi) is 8.53. The summed E-state index contributed by atoms with van der Waals surface area (Å²) >= 11 is 0. The summed E-state index contributed by atoms with van der Waals surface area (Å²) in [7, 11) is 0. The van der Waals surface area contributed by atoms with Crippen molar-refractivity contribution >= 4 is 5.91 Å². The summed E-state index contributed by atoms with van der Waals surface area (Å²) in [5.41, 5.74) is 0. The molecule has 0 rings (SSSR count). The minimum Gasteiger partial charge on any atom is -0.344 e. The van der Waals surface area contributed by atoms with Gasteiger partial charge in [0.2, 0.25) is 5.91 Å². The number of nitrogens with zero attached hydrogens (tertiary/aromatic N) is 1. The largest absolute Gasteiger partial charge is 0.344 e. The van der Waals surface area contributed by atoms with E-state index >= 15 is 0 Å². The van der Waals surface area contributed by atoms with E-state index in [-0.39, 0.29) is 5.91 Å². The van der Waals surface area contributed by atoms with Gasteiger partial charge in [-0.25, -0.2) is 0 Å². The van der Waals surface area contributed by atoms with Crippen LogP contribution >= 0.6 is 0 Å². The molecule has 0 spiro atoms. The molecule has 0 saturated carbocycles. The maximum Gasteiger partial charge on any atom is 0.234 e. The number of carbonyl (C=O) groups excluding carboxylic acids is 1. The fourth-order valence-corrected chi connectivity index (χ4v) is 2.01. The third kappa shape index (κ3) is 7.01. The minimum atomic E-state index is 0.0236. The lowest BCUT2D eigenvalue weighted by Gasteiger charge is -2.31. The van der Waals surface area contributed by atoms with E-state index in [0.717, 1.165) is 19.4 Å². The molecule has 0 aliphatic heterocycles. The lowest BCUT2D eigenvalue weighted by molar-refractivity contribution is -0.122. The predicted molar refractivity (Wildman–Crippen MR) is 72.6 cm³/mol. The van der Waals surface area contributed by atoms with Crippen molar-refractivity contribution in [1.82, 2.24) is 10.2 Å². The van der Waals surface area contributed by atoms with E-state index in [9.17, 15) is 4.79 Å². The van der Waals surface area contributed by atoms with E-state index in [1.165, 1.54) is 0 Å². The number of hydrogen-bond acceptors (Lipinski definition) is 2. The highest BCUT2D eigenvalue weighted by Crippen LogP contribution is 2.10. The van der Waals surface area contributed by atoms with Gasteiger partial charge >= 0.3 is 0 Å². The van der Waals surface area contributed by atoms with Gasteiger partial charge in [-0.3, -0.25) is 9.69 Å². The number of nitrogens with one attached hydrogen (secondary N) is 1. The first kappa shape index (κ1) is 16.0. The molecule has 98 valence electrons. The summed E-state index contributed by atoms with van der Waals surface area (Å²) in [6.45, 7) is 10.4.